The van der Waals surface area contributed by atoms with Crippen molar-refractivity contribution in [3.8, 4) is 0 Å². The Kier molecular flexibility index (Phi) is 3.65. The van der Waals surface area contributed by atoms with Gasteiger partial charge < -0.3 is 15.4 Å². The zero-order chi connectivity index (χ0) is 15.0. The maximum atomic E-state index is 12.0. The fraction of sp³-hybridized carbons (Fsp3) is 0.714. The maximum Gasteiger partial charge on any atom is 0.389 e. The second kappa shape index (κ2) is 5.46. The van der Waals surface area contributed by atoms with Gasteiger partial charge in [0.2, 0.25) is 5.91 Å². The van der Waals surface area contributed by atoms with Crippen LogP contribution in [0.4, 0.5) is 5.82 Å². The van der Waals surface area contributed by atoms with E-state index in [9.17, 15) is 14.9 Å². The van der Waals surface area contributed by atoms with Crippen LogP contribution < -0.4 is 5.32 Å². The van der Waals surface area contributed by atoms with Gasteiger partial charge in [-0.25, -0.2) is 0 Å². The second-order valence-corrected chi connectivity index (χ2v) is 6.32. The van der Waals surface area contributed by atoms with Crippen molar-refractivity contribution in [2.24, 2.45) is 17.8 Å². The first-order chi connectivity index (χ1) is 10.0. The monoisotopic (exact) mass is 292 g/mol. The smallest absolute Gasteiger partial charge is 0.358 e. The summed E-state index contributed by atoms with van der Waals surface area (Å²) in [4.78, 5) is 22.0. The highest BCUT2D eigenvalue weighted by Gasteiger charge is 2.42. The number of fused-ring (bicyclic) bond motifs is 2. The first-order valence-corrected chi connectivity index (χ1v) is 7.50. The Morgan fingerprint density at radius 1 is 1.57 bits per heavy atom. The van der Waals surface area contributed by atoms with Crippen molar-refractivity contribution in [3.05, 3.63) is 22.4 Å². The minimum atomic E-state index is -0.563. The molecule has 0 unspecified atom stereocenters. The van der Waals surface area contributed by atoms with E-state index in [2.05, 4.69) is 17.3 Å². The number of aromatic nitrogens is 2. The van der Waals surface area contributed by atoms with Crippen LogP contribution in [-0.4, -0.2) is 26.7 Å². The van der Waals surface area contributed by atoms with Gasteiger partial charge in [0.25, 0.3) is 0 Å². The molecule has 1 amide bonds. The molecule has 7 heteroatoms. The lowest BCUT2D eigenvalue weighted by Crippen LogP contribution is -2.41. The zero-order valence-corrected chi connectivity index (χ0v) is 12.1. The normalized spacial score (nSPS) is 28.5. The predicted molar refractivity (Wildman–Crippen MR) is 75.4 cm³/mol. The Bertz CT molecular complexity index is 556. The molecule has 114 valence electrons. The van der Waals surface area contributed by atoms with Gasteiger partial charge in [0.15, 0.2) is 0 Å². The molecule has 1 aromatic heterocycles. The van der Waals surface area contributed by atoms with Crippen molar-refractivity contribution in [2.75, 3.05) is 0 Å². The summed E-state index contributed by atoms with van der Waals surface area (Å²) in [5.41, 5.74) is 0. The van der Waals surface area contributed by atoms with Crippen molar-refractivity contribution in [1.29, 1.82) is 0 Å². The lowest BCUT2D eigenvalue weighted by molar-refractivity contribution is -0.389. The molecular formula is C14H20N4O3. The fourth-order valence-corrected chi connectivity index (χ4v) is 4.00. The number of carbonyl (C=O) groups excluding carboxylic acids is 1. The molecule has 0 saturated heterocycles. The van der Waals surface area contributed by atoms with Crippen LogP contribution in [0.25, 0.3) is 0 Å². The van der Waals surface area contributed by atoms with E-state index in [0.717, 1.165) is 11.8 Å². The molecule has 0 aliphatic heterocycles. The molecule has 4 atom stereocenters. The highest BCUT2D eigenvalue weighted by atomic mass is 16.6. The average molecular weight is 292 g/mol. The lowest BCUT2D eigenvalue weighted by atomic mass is 9.84. The van der Waals surface area contributed by atoms with Gasteiger partial charge in [0.1, 0.15) is 6.54 Å². The van der Waals surface area contributed by atoms with Crippen LogP contribution in [0.5, 0.6) is 0 Å². The van der Waals surface area contributed by atoms with E-state index in [1.54, 1.807) is 0 Å². The summed E-state index contributed by atoms with van der Waals surface area (Å²) < 4.78 is 1.31. The Labute approximate surface area is 122 Å². The van der Waals surface area contributed by atoms with Crippen molar-refractivity contribution < 1.29 is 9.72 Å². The largest absolute Gasteiger partial charge is 0.389 e. The molecule has 0 aromatic carbocycles. The molecule has 0 radical (unpaired) electrons. The number of amides is 1. The number of carbonyl (C=O) groups is 1. The Morgan fingerprint density at radius 3 is 2.95 bits per heavy atom. The molecule has 3 rings (SSSR count). The van der Waals surface area contributed by atoms with E-state index in [0.29, 0.717) is 5.92 Å². The van der Waals surface area contributed by atoms with Gasteiger partial charge in [-0.05, 0) is 48.9 Å². The Balaban J connectivity index is 1.52. The van der Waals surface area contributed by atoms with Gasteiger partial charge in [-0.3, -0.25) is 4.79 Å². The number of nitrogens with zero attached hydrogens (tertiary/aromatic N) is 3. The van der Waals surface area contributed by atoms with E-state index in [1.165, 1.54) is 42.6 Å². The first kappa shape index (κ1) is 14.0. The van der Waals surface area contributed by atoms with Crippen LogP contribution in [0.1, 0.15) is 32.6 Å². The van der Waals surface area contributed by atoms with Crippen LogP contribution >= 0.6 is 0 Å². The molecule has 2 aliphatic carbocycles. The molecule has 2 fully saturated rings. The topological polar surface area (TPSA) is 90.1 Å². The fourth-order valence-electron chi connectivity index (χ4n) is 4.00. The number of rotatable bonds is 5. The number of nitro groups is 1. The summed E-state index contributed by atoms with van der Waals surface area (Å²) in [7, 11) is 0. The van der Waals surface area contributed by atoms with Gasteiger partial charge in [-0.1, -0.05) is 6.42 Å². The summed E-state index contributed by atoms with van der Waals surface area (Å²) >= 11 is 0. The van der Waals surface area contributed by atoms with Crippen molar-refractivity contribution >= 4 is 11.7 Å². The van der Waals surface area contributed by atoms with Crippen LogP contribution in [0, 0.1) is 27.9 Å². The minimum absolute atomic E-state index is 0.0268. The van der Waals surface area contributed by atoms with E-state index >= 15 is 0 Å². The van der Waals surface area contributed by atoms with Crippen molar-refractivity contribution in [1.82, 2.24) is 15.1 Å². The Hall–Kier alpha value is -1.92. The molecule has 1 aromatic rings. The predicted octanol–water partition coefficient (Wildman–Crippen LogP) is 1.73. The summed E-state index contributed by atoms with van der Waals surface area (Å²) in [6.07, 6.45) is 6.63. The molecule has 2 aliphatic rings. The van der Waals surface area contributed by atoms with Crippen molar-refractivity contribution in [3.63, 3.8) is 0 Å². The number of hydrogen-bond acceptors (Lipinski definition) is 4. The summed E-state index contributed by atoms with van der Waals surface area (Å²) in [6, 6.07) is 1.46. The average Bonchev–Trinajstić information content (AvgIpc) is 3.13. The number of hydrogen-bond donors (Lipinski definition) is 1. The van der Waals surface area contributed by atoms with Crippen LogP contribution in [-0.2, 0) is 11.3 Å². The van der Waals surface area contributed by atoms with Crippen LogP contribution in [0.3, 0.4) is 0 Å². The molecule has 7 nitrogen and oxygen atoms in total. The standard InChI is InChI=1S/C14H20N4O3/c1-9(12-7-10-2-3-11(12)6-10)15-14(19)8-17-5-4-13(16-17)18(20)21/h4-5,9-12H,2-3,6-8H2,1H3,(H,15,19)/t9-,10-,11-,12+/m0/s1. The molecule has 21 heavy (non-hydrogen) atoms. The molecule has 1 heterocycles. The zero-order valence-electron chi connectivity index (χ0n) is 12.1. The molecule has 1 N–H and O–H groups in total. The molecule has 2 bridgehead atoms. The van der Waals surface area contributed by atoms with Crippen molar-refractivity contribution in [2.45, 2.75) is 45.2 Å². The first-order valence-electron chi connectivity index (χ1n) is 7.50. The quantitative estimate of drug-likeness (QED) is 0.661. The molecular weight excluding hydrogens is 272 g/mol. The minimum Gasteiger partial charge on any atom is -0.358 e. The van der Waals surface area contributed by atoms with E-state index < -0.39 is 4.92 Å². The molecule has 0 spiro atoms. The summed E-state index contributed by atoms with van der Waals surface area (Å²) in [5, 5.41) is 17.3. The highest BCUT2D eigenvalue weighted by Crippen LogP contribution is 2.49. The van der Waals surface area contributed by atoms with E-state index in [1.807, 2.05) is 0 Å². The molecule has 2 saturated carbocycles. The van der Waals surface area contributed by atoms with Crippen LogP contribution in [0.15, 0.2) is 12.3 Å². The van der Waals surface area contributed by atoms with Gasteiger partial charge in [-0.2, -0.15) is 4.68 Å². The maximum absolute atomic E-state index is 12.0. The lowest BCUT2D eigenvalue weighted by Gasteiger charge is -2.28. The second-order valence-electron chi connectivity index (χ2n) is 6.32. The van der Waals surface area contributed by atoms with Gasteiger partial charge in [0.05, 0.1) is 17.4 Å². The van der Waals surface area contributed by atoms with E-state index in [4.69, 9.17) is 0 Å². The SMILES string of the molecule is C[C@H](NC(=O)Cn1ccc([N+](=O)[O-])n1)[C@H]1C[C@H]2CC[C@H]1C2. The third kappa shape index (κ3) is 2.91. The summed E-state index contributed by atoms with van der Waals surface area (Å²) in [5.74, 6) is 1.83. The third-order valence-electron chi connectivity index (χ3n) is 4.94. The number of nitrogens with one attached hydrogen (secondary N) is 1. The highest BCUT2D eigenvalue weighted by molar-refractivity contribution is 5.76. The van der Waals surface area contributed by atoms with Crippen LogP contribution in [0.2, 0.25) is 0 Å². The third-order valence-corrected chi connectivity index (χ3v) is 4.94. The van der Waals surface area contributed by atoms with Gasteiger partial charge in [0, 0.05) is 6.04 Å². The van der Waals surface area contributed by atoms with Gasteiger partial charge >= 0.3 is 5.82 Å². The Morgan fingerprint density at radius 2 is 2.38 bits per heavy atom. The van der Waals surface area contributed by atoms with Gasteiger partial charge in [-0.15, -0.1) is 0 Å². The summed E-state index contributed by atoms with van der Waals surface area (Å²) in [6.45, 7) is 2.09. The van der Waals surface area contributed by atoms with E-state index in [-0.39, 0.29) is 24.3 Å².